The lowest BCUT2D eigenvalue weighted by Gasteiger charge is -2.14. The number of hydrogen-bond acceptors (Lipinski definition) is 4. The number of fused-ring (bicyclic) bond motifs is 1. The van der Waals surface area contributed by atoms with Gasteiger partial charge in [0.1, 0.15) is 5.82 Å². The number of rotatable bonds is 7. The summed E-state index contributed by atoms with van der Waals surface area (Å²) in [6, 6.07) is 19.2. The van der Waals surface area contributed by atoms with Crippen molar-refractivity contribution in [3.8, 4) is 28.3 Å². The molecule has 0 fully saturated rings. The number of imidazole rings is 1. The Morgan fingerprint density at radius 1 is 1.03 bits per heavy atom. The molecule has 7 nitrogen and oxygen atoms in total. The fraction of sp³-hybridized carbons (Fsp3) is 0.0690. The number of nitrogens with zero attached hydrogens (tertiary/aromatic N) is 1. The van der Waals surface area contributed by atoms with Crippen LogP contribution in [0.25, 0.3) is 33.5 Å². The second-order valence-corrected chi connectivity index (χ2v) is 9.47. The van der Waals surface area contributed by atoms with Crippen LogP contribution in [0.2, 0.25) is 10.0 Å². The molecule has 0 saturated heterocycles. The minimum absolute atomic E-state index is 0.0463. The number of carbonyl (C=O) groups is 2. The normalized spacial score (nSPS) is 11.0. The number of halogens is 3. The maximum Gasteiger partial charge on any atom is 0.336 e. The highest BCUT2D eigenvalue weighted by molar-refractivity contribution is 6.34. The highest BCUT2D eigenvalue weighted by Gasteiger charge is 2.22. The lowest BCUT2D eigenvalue weighted by Crippen LogP contribution is -2.23. The van der Waals surface area contributed by atoms with Crippen LogP contribution in [0.5, 0.6) is 5.75 Å². The van der Waals surface area contributed by atoms with Crippen LogP contribution in [-0.2, 0) is 6.54 Å². The van der Waals surface area contributed by atoms with Gasteiger partial charge < -0.3 is 20.1 Å². The molecule has 10 heteroatoms. The van der Waals surface area contributed by atoms with Crippen LogP contribution in [-0.4, -0.2) is 34.1 Å². The van der Waals surface area contributed by atoms with Crippen molar-refractivity contribution in [2.75, 3.05) is 7.11 Å². The maximum absolute atomic E-state index is 14.3. The van der Waals surface area contributed by atoms with Crippen molar-refractivity contribution in [1.82, 2.24) is 15.3 Å². The van der Waals surface area contributed by atoms with E-state index in [1.807, 2.05) is 0 Å². The molecule has 3 N–H and O–H groups in total. The van der Waals surface area contributed by atoms with E-state index in [9.17, 15) is 19.1 Å². The van der Waals surface area contributed by atoms with Crippen LogP contribution < -0.4 is 10.1 Å². The van der Waals surface area contributed by atoms with Crippen LogP contribution >= 0.6 is 23.2 Å². The van der Waals surface area contributed by atoms with Crippen LogP contribution in [0.15, 0.2) is 72.8 Å². The summed E-state index contributed by atoms with van der Waals surface area (Å²) in [7, 11) is 1.36. The van der Waals surface area contributed by atoms with E-state index in [2.05, 4.69) is 15.3 Å². The van der Waals surface area contributed by atoms with Crippen molar-refractivity contribution in [3.63, 3.8) is 0 Å². The zero-order valence-electron chi connectivity index (χ0n) is 20.4. The molecule has 1 aromatic heterocycles. The third-order valence-corrected chi connectivity index (χ3v) is 6.74. The van der Waals surface area contributed by atoms with Gasteiger partial charge in [0.2, 0.25) is 0 Å². The van der Waals surface area contributed by atoms with Gasteiger partial charge >= 0.3 is 5.97 Å². The third-order valence-electron chi connectivity index (χ3n) is 6.17. The number of hydrogen-bond donors (Lipinski definition) is 3. The molecule has 0 spiro atoms. The summed E-state index contributed by atoms with van der Waals surface area (Å²) in [6.45, 7) is 0.242. The number of ether oxygens (including phenoxy) is 1. The minimum atomic E-state index is -1.24. The Bertz CT molecular complexity index is 1740. The Labute approximate surface area is 232 Å². The smallest absolute Gasteiger partial charge is 0.336 e. The molecule has 5 aromatic rings. The number of carboxylic acid groups (broad SMARTS) is 1. The first-order chi connectivity index (χ1) is 18.7. The largest absolute Gasteiger partial charge is 0.494 e. The maximum atomic E-state index is 14.3. The summed E-state index contributed by atoms with van der Waals surface area (Å²) < 4.78 is 19.3. The van der Waals surface area contributed by atoms with Gasteiger partial charge in [-0.3, -0.25) is 4.79 Å². The number of methoxy groups -OCH3 is 1. The first-order valence-electron chi connectivity index (χ1n) is 11.7. The molecular weight excluding hydrogens is 544 g/mol. The van der Waals surface area contributed by atoms with E-state index >= 15 is 0 Å². The highest BCUT2D eigenvalue weighted by Crippen LogP contribution is 2.39. The van der Waals surface area contributed by atoms with Crippen LogP contribution in [0.4, 0.5) is 4.39 Å². The van der Waals surface area contributed by atoms with Crippen molar-refractivity contribution in [1.29, 1.82) is 0 Å². The molecule has 0 atom stereocenters. The molecule has 196 valence electrons. The molecule has 0 unspecified atom stereocenters. The lowest BCUT2D eigenvalue weighted by atomic mass is 9.93. The number of nitrogens with one attached hydrogen (secondary N) is 2. The Hall–Kier alpha value is -4.40. The Balaban J connectivity index is 1.54. The van der Waals surface area contributed by atoms with Gasteiger partial charge in [-0.2, -0.15) is 0 Å². The first-order valence-corrected chi connectivity index (χ1v) is 12.4. The molecule has 0 saturated carbocycles. The van der Waals surface area contributed by atoms with E-state index in [0.717, 1.165) is 5.56 Å². The summed E-state index contributed by atoms with van der Waals surface area (Å²) in [4.78, 5) is 32.8. The van der Waals surface area contributed by atoms with Gasteiger partial charge in [-0.15, -0.1) is 0 Å². The van der Waals surface area contributed by atoms with Crippen molar-refractivity contribution in [2.24, 2.45) is 0 Å². The number of carbonyl (C=O) groups excluding carboxylic acids is 1. The monoisotopic (exact) mass is 563 g/mol. The molecule has 0 radical (unpaired) electrons. The number of aromatic nitrogens is 2. The van der Waals surface area contributed by atoms with Gasteiger partial charge in [0.05, 0.1) is 23.7 Å². The summed E-state index contributed by atoms with van der Waals surface area (Å²) >= 11 is 12.5. The number of amides is 1. The van der Waals surface area contributed by atoms with E-state index in [1.165, 1.54) is 37.4 Å². The Kier molecular flexibility index (Phi) is 7.24. The topological polar surface area (TPSA) is 104 Å². The molecule has 39 heavy (non-hydrogen) atoms. The predicted octanol–water partition coefficient (Wildman–Crippen LogP) is 6.98. The van der Waals surface area contributed by atoms with E-state index < -0.39 is 17.7 Å². The van der Waals surface area contributed by atoms with E-state index in [-0.39, 0.29) is 28.4 Å². The fourth-order valence-electron chi connectivity index (χ4n) is 4.26. The number of aromatic amines is 1. The lowest BCUT2D eigenvalue weighted by molar-refractivity contribution is 0.0697. The standard InChI is InChI=1S/C29H20Cl2FN3O4/c1-39-25-13-24-23(12-22(25)32)34-27(35-24)19-3-2-4-21(31)26(19)18-10-7-16(11-20(18)29(37)38)28(36)33-14-15-5-8-17(30)9-6-15/h2-13H,14H2,1H3,(H,33,36)(H,34,35)(H,37,38). The molecule has 4 aromatic carbocycles. The average Bonchev–Trinajstić information content (AvgIpc) is 3.34. The van der Waals surface area contributed by atoms with E-state index in [4.69, 9.17) is 27.9 Å². The molecule has 0 aliphatic rings. The molecular formula is C29H20Cl2FN3O4. The molecule has 1 heterocycles. The fourth-order valence-corrected chi connectivity index (χ4v) is 4.66. The summed E-state index contributed by atoms with van der Waals surface area (Å²) in [6.07, 6.45) is 0. The van der Waals surface area contributed by atoms with Crippen molar-refractivity contribution in [3.05, 3.63) is 105 Å². The zero-order valence-corrected chi connectivity index (χ0v) is 21.9. The zero-order chi connectivity index (χ0) is 27.7. The number of carboxylic acids is 1. The minimum Gasteiger partial charge on any atom is -0.494 e. The predicted molar refractivity (Wildman–Crippen MR) is 148 cm³/mol. The average molecular weight is 564 g/mol. The van der Waals surface area contributed by atoms with Gasteiger partial charge in [-0.05, 0) is 41.5 Å². The van der Waals surface area contributed by atoms with Crippen molar-refractivity contribution >= 4 is 46.1 Å². The van der Waals surface area contributed by atoms with Crippen LogP contribution in [0.1, 0.15) is 26.3 Å². The Morgan fingerprint density at radius 2 is 1.79 bits per heavy atom. The van der Waals surface area contributed by atoms with E-state index in [1.54, 1.807) is 42.5 Å². The van der Waals surface area contributed by atoms with Crippen molar-refractivity contribution < 1.29 is 23.8 Å². The van der Waals surface area contributed by atoms with Crippen LogP contribution in [0.3, 0.4) is 0 Å². The molecule has 0 bridgehead atoms. The quantitative estimate of drug-likeness (QED) is 0.198. The van der Waals surface area contributed by atoms with Gasteiger partial charge in [0.15, 0.2) is 11.6 Å². The number of H-pyrrole nitrogens is 1. The van der Waals surface area contributed by atoms with Gasteiger partial charge in [-0.25, -0.2) is 14.2 Å². The SMILES string of the molecule is COc1cc2nc(-c3cccc(Cl)c3-c3ccc(C(=O)NCc4ccc(Cl)cc4)cc3C(=O)O)[nH]c2cc1F. The third kappa shape index (κ3) is 5.30. The molecule has 5 rings (SSSR count). The summed E-state index contributed by atoms with van der Waals surface area (Å²) in [5.74, 6) is -1.82. The second-order valence-electron chi connectivity index (χ2n) is 8.63. The molecule has 0 aliphatic heterocycles. The number of aromatic carboxylic acids is 1. The Morgan fingerprint density at radius 3 is 2.51 bits per heavy atom. The van der Waals surface area contributed by atoms with Crippen molar-refractivity contribution in [2.45, 2.75) is 6.54 Å². The van der Waals surface area contributed by atoms with Gasteiger partial charge in [0.25, 0.3) is 5.91 Å². The van der Waals surface area contributed by atoms with Gasteiger partial charge in [0, 0.05) is 45.4 Å². The summed E-state index contributed by atoms with van der Waals surface area (Å²) in [5, 5.41) is 13.7. The van der Waals surface area contributed by atoms with E-state index in [0.29, 0.717) is 38.6 Å². The first kappa shape index (κ1) is 26.2. The van der Waals surface area contributed by atoms with Crippen LogP contribution in [0, 0.1) is 5.82 Å². The number of benzene rings is 4. The molecule has 1 amide bonds. The van der Waals surface area contributed by atoms with Gasteiger partial charge in [-0.1, -0.05) is 53.5 Å². The summed E-state index contributed by atoms with van der Waals surface area (Å²) in [5.41, 5.74) is 2.98. The molecule has 0 aliphatic carbocycles. The highest BCUT2D eigenvalue weighted by atomic mass is 35.5. The second kappa shape index (κ2) is 10.8.